The summed E-state index contributed by atoms with van der Waals surface area (Å²) in [7, 11) is -1.60. The van der Waals surface area contributed by atoms with Crippen molar-refractivity contribution in [3.63, 3.8) is 0 Å². The number of sulfone groups is 1. The molecule has 110 valence electrons. The molecule has 21 heavy (non-hydrogen) atoms. The Hall–Kier alpha value is -2.01. The van der Waals surface area contributed by atoms with Gasteiger partial charge >= 0.3 is 0 Å². The molecular formula is C16H17NO3S. The van der Waals surface area contributed by atoms with E-state index in [1.54, 1.807) is 19.2 Å². The third-order valence-corrected chi connectivity index (χ3v) is 5.52. The molecule has 0 saturated carbocycles. The summed E-state index contributed by atoms with van der Waals surface area (Å²) < 4.78 is 29.7. The van der Waals surface area contributed by atoms with Crippen LogP contribution in [0.4, 0.5) is 5.69 Å². The van der Waals surface area contributed by atoms with Crippen molar-refractivity contribution in [2.45, 2.75) is 17.9 Å². The molecule has 5 heteroatoms. The number of nitrogens with one attached hydrogen (secondary N) is 1. The van der Waals surface area contributed by atoms with Gasteiger partial charge in [-0.1, -0.05) is 24.3 Å². The van der Waals surface area contributed by atoms with Crippen LogP contribution in [0.1, 0.15) is 17.2 Å². The molecule has 1 aliphatic rings. The molecule has 1 N–H and O–H groups in total. The zero-order valence-electron chi connectivity index (χ0n) is 12.0. The third-order valence-electron chi connectivity index (χ3n) is 3.70. The number of hydrogen-bond donors (Lipinski definition) is 1. The first-order chi connectivity index (χ1) is 10.0. The van der Waals surface area contributed by atoms with E-state index in [2.05, 4.69) is 5.32 Å². The summed E-state index contributed by atoms with van der Waals surface area (Å²) in [6.45, 7) is 1.99. The van der Waals surface area contributed by atoms with Gasteiger partial charge < -0.3 is 10.1 Å². The lowest BCUT2D eigenvalue weighted by atomic mass is 10.1. The fourth-order valence-electron chi connectivity index (χ4n) is 2.68. The number of hydrogen-bond acceptors (Lipinski definition) is 4. The van der Waals surface area contributed by atoms with Crippen LogP contribution >= 0.6 is 0 Å². The molecule has 1 unspecified atom stereocenters. The molecule has 2 aromatic rings. The van der Waals surface area contributed by atoms with Crippen LogP contribution in [0.25, 0.3) is 0 Å². The number of ether oxygens (including phenoxy) is 1. The second kappa shape index (κ2) is 5.07. The normalized spacial score (nSPS) is 19.0. The summed E-state index contributed by atoms with van der Waals surface area (Å²) >= 11 is 0. The van der Waals surface area contributed by atoms with E-state index in [0.29, 0.717) is 4.90 Å². The van der Waals surface area contributed by atoms with Crippen molar-refractivity contribution >= 4 is 15.5 Å². The Kier molecular flexibility index (Phi) is 3.37. The number of benzene rings is 2. The van der Waals surface area contributed by atoms with Crippen LogP contribution in [-0.4, -0.2) is 21.3 Å². The second-order valence-electron chi connectivity index (χ2n) is 5.22. The number of fused-ring (bicyclic) bond motifs is 1. The molecule has 0 amide bonds. The fourth-order valence-corrected chi connectivity index (χ4v) is 4.41. The van der Waals surface area contributed by atoms with E-state index in [1.165, 1.54) is 0 Å². The Bertz CT molecular complexity index is 784. The molecule has 0 aliphatic carbocycles. The van der Waals surface area contributed by atoms with E-state index in [9.17, 15) is 8.42 Å². The topological polar surface area (TPSA) is 55.4 Å². The first kappa shape index (κ1) is 13.9. The molecule has 0 bridgehead atoms. The number of methoxy groups -OCH3 is 1. The summed E-state index contributed by atoms with van der Waals surface area (Å²) in [5.74, 6) is 0.792. The smallest absolute Gasteiger partial charge is 0.181 e. The molecule has 0 spiro atoms. The third kappa shape index (κ3) is 2.49. The van der Waals surface area contributed by atoms with E-state index in [0.717, 1.165) is 22.6 Å². The van der Waals surface area contributed by atoms with Crippen LogP contribution in [-0.2, 0) is 9.84 Å². The Labute approximate surface area is 124 Å². The Morgan fingerprint density at radius 2 is 1.95 bits per heavy atom. The minimum Gasteiger partial charge on any atom is -0.495 e. The lowest BCUT2D eigenvalue weighted by Gasteiger charge is -2.17. The van der Waals surface area contributed by atoms with Crippen LogP contribution in [0.15, 0.2) is 47.4 Å². The zero-order valence-corrected chi connectivity index (χ0v) is 12.8. The average molecular weight is 303 g/mol. The standard InChI is InChI=1S/C16H17NO3S/c1-11-7-8-13(15(9-11)20-2)17-14-10-21(18,19)16-6-4-3-5-12(14)16/h3-9,14,17H,10H2,1-2H3. The molecule has 0 fully saturated rings. The molecule has 1 aliphatic heterocycles. The van der Waals surface area contributed by atoms with Crippen molar-refractivity contribution in [2.24, 2.45) is 0 Å². The van der Waals surface area contributed by atoms with E-state index >= 15 is 0 Å². The van der Waals surface area contributed by atoms with Gasteiger partial charge in [0.25, 0.3) is 0 Å². The predicted molar refractivity (Wildman–Crippen MR) is 82.6 cm³/mol. The molecule has 1 atom stereocenters. The minimum atomic E-state index is -3.21. The summed E-state index contributed by atoms with van der Waals surface area (Å²) in [6, 6.07) is 12.7. The summed E-state index contributed by atoms with van der Waals surface area (Å²) in [5, 5.41) is 3.30. The maximum absolute atomic E-state index is 12.2. The van der Waals surface area contributed by atoms with Crippen LogP contribution in [0, 0.1) is 6.92 Å². The first-order valence-electron chi connectivity index (χ1n) is 6.74. The van der Waals surface area contributed by atoms with E-state index < -0.39 is 9.84 Å². The molecule has 1 heterocycles. The quantitative estimate of drug-likeness (QED) is 0.947. The van der Waals surface area contributed by atoms with Crippen LogP contribution in [0.5, 0.6) is 5.75 Å². The van der Waals surface area contributed by atoms with Gasteiger partial charge in [-0.3, -0.25) is 0 Å². The highest BCUT2D eigenvalue weighted by molar-refractivity contribution is 7.91. The number of anilines is 1. The molecule has 2 aromatic carbocycles. The molecule has 4 nitrogen and oxygen atoms in total. The first-order valence-corrected chi connectivity index (χ1v) is 8.39. The van der Waals surface area contributed by atoms with Crippen LogP contribution in [0.3, 0.4) is 0 Å². The molecule has 0 saturated heterocycles. The molecular weight excluding hydrogens is 286 g/mol. The van der Waals surface area contributed by atoms with Gasteiger partial charge in [0, 0.05) is 0 Å². The highest BCUT2D eigenvalue weighted by Gasteiger charge is 2.34. The predicted octanol–water partition coefficient (Wildman–Crippen LogP) is 2.94. The van der Waals surface area contributed by atoms with Crippen molar-refractivity contribution in [2.75, 3.05) is 18.2 Å². The largest absolute Gasteiger partial charge is 0.495 e. The fraction of sp³-hybridized carbons (Fsp3) is 0.250. The van der Waals surface area contributed by atoms with Gasteiger partial charge in [0.05, 0.1) is 29.5 Å². The Morgan fingerprint density at radius 1 is 1.19 bits per heavy atom. The van der Waals surface area contributed by atoms with Crippen molar-refractivity contribution < 1.29 is 13.2 Å². The highest BCUT2D eigenvalue weighted by Crippen LogP contribution is 2.37. The summed E-state index contributed by atoms with van der Waals surface area (Å²) in [4.78, 5) is 0.425. The van der Waals surface area contributed by atoms with Crippen molar-refractivity contribution in [1.82, 2.24) is 0 Å². The van der Waals surface area contributed by atoms with Gasteiger partial charge in [-0.2, -0.15) is 0 Å². The van der Waals surface area contributed by atoms with Gasteiger partial charge in [0.1, 0.15) is 5.75 Å². The lowest BCUT2D eigenvalue weighted by Crippen LogP contribution is -2.13. The average Bonchev–Trinajstić information content (AvgIpc) is 2.73. The monoisotopic (exact) mass is 303 g/mol. The van der Waals surface area contributed by atoms with E-state index in [4.69, 9.17) is 4.74 Å². The van der Waals surface area contributed by atoms with Gasteiger partial charge in [-0.15, -0.1) is 0 Å². The zero-order chi connectivity index (χ0) is 15.0. The van der Waals surface area contributed by atoms with Crippen LogP contribution < -0.4 is 10.1 Å². The second-order valence-corrected chi connectivity index (χ2v) is 7.22. The SMILES string of the molecule is COc1cc(C)ccc1NC1CS(=O)(=O)c2ccccc21. The van der Waals surface area contributed by atoms with Crippen molar-refractivity contribution in [3.8, 4) is 5.75 Å². The van der Waals surface area contributed by atoms with Gasteiger partial charge in [0.15, 0.2) is 9.84 Å². The van der Waals surface area contributed by atoms with Gasteiger partial charge in [-0.25, -0.2) is 8.42 Å². The van der Waals surface area contributed by atoms with Crippen molar-refractivity contribution in [1.29, 1.82) is 0 Å². The number of aryl methyl sites for hydroxylation is 1. The maximum Gasteiger partial charge on any atom is 0.181 e. The highest BCUT2D eigenvalue weighted by atomic mass is 32.2. The van der Waals surface area contributed by atoms with E-state index in [-0.39, 0.29) is 11.8 Å². The van der Waals surface area contributed by atoms with Crippen LogP contribution in [0.2, 0.25) is 0 Å². The van der Waals surface area contributed by atoms with Gasteiger partial charge in [0.2, 0.25) is 0 Å². The molecule has 0 radical (unpaired) electrons. The Balaban J connectivity index is 1.98. The minimum absolute atomic E-state index is 0.0728. The summed E-state index contributed by atoms with van der Waals surface area (Å²) in [5.41, 5.74) is 2.72. The molecule has 3 rings (SSSR count). The number of rotatable bonds is 3. The molecule has 0 aromatic heterocycles. The van der Waals surface area contributed by atoms with Gasteiger partial charge in [-0.05, 0) is 36.2 Å². The van der Waals surface area contributed by atoms with Crippen molar-refractivity contribution in [3.05, 3.63) is 53.6 Å². The maximum atomic E-state index is 12.2. The van der Waals surface area contributed by atoms with E-state index in [1.807, 2.05) is 37.3 Å². The summed E-state index contributed by atoms with van der Waals surface area (Å²) in [6.07, 6.45) is 0. The Morgan fingerprint density at radius 3 is 2.71 bits per heavy atom. The lowest BCUT2D eigenvalue weighted by molar-refractivity contribution is 0.416.